The predicted molar refractivity (Wildman–Crippen MR) is 117 cm³/mol. The van der Waals surface area contributed by atoms with Crippen LogP contribution in [-0.2, 0) is 0 Å². The molecule has 0 fully saturated rings. The molecule has 5 heteroatoms. The molecule has 1 heterocycles. The molecule has 0 bridgehead atoms. The standard InChI is InChI=1S/C24H24N4O/c1-15-5-3-7-19(11-15)23(14-25)26-24(29)20-8-4-6-17(12-20)18-9-10-22-21(13-18)16(2)27-28-22/h3-13,23H,14,25H2,1-2H3,(H,26,29)(H,27,28)/t23-/m1/s1. The molecule has 4 rings (SSSR count). The van der Waals surface area contributed by atoms with Crippen LogP contribution in [0.3, 0.4) is 0 Å². The van der Waals surface area contributed by atoms with Crippen LogP contribution in [0.25, 0.3) is 22.0 Å². The summed E-state index contributed by atoms with van der Waals surface area (Å²) < 4.78 is 0. The second kappa shape index (κ2) is 7.89. The maximum Gasteiger partial charge on any atom is 0.251 e. The molecule has 4 N–H and O–H groups in total. The Bertz CT molecular complexity index is 1180. The minimum Gasteiger partial charge on any atom is -0.344 e. The average Bonchev–Trinajstić information content (AvgIpc) is 3.12. The molecular weight excluding hydrogens is 360 g/mol. The number of nitrogens with two attached hydrogens (primary N) is 1. The highest BCUT2D eigenvalue weighted by molar-refractivity contribution is 5.96. The van der Waals surface area contributed by atoms with Gasteiger partial charge in [-0.25, -0.2) is 0 Å². The van der Waals surface area contributed by atoms with Crippen molar-refractivity contribution in [1.82, 2.24) is 15.5 Å². The summed E-state index contributed by atoms with van der Waals surface area (Å²) in [7, 11) is 0. The van der Waals surface area contributed by atoms with Gasteiger partial charge in [-0.2, -0.15) is 5.10 Å². The summed E-state index contributed by atoms with van der Waals surface area (Å²) in [6, 6.07) is 21.6. The van der Waals surface area contributed by atoms with Gasteiger partial charge in [-0.3, -0.25) is 9.89 Å². The van der Waals surface area contributed by atoms with Crippen LogP contribution in [0.15, 0.2) is 66.7 Å². The third kappa shape index (κ3) is 3.91. The maximum absolute atomic E-state index is 12.9. The number of aromatic nitrogens is 2. The number of fused-ring (bicyclic) bond motifs is 1. The van der Waals surface area contributed by atoms with Crippen molar-refractivity contribution in [3.8, 4) is 11.1 Å². The Morgan fingerprint density at radius 1 is 1.03 bits per heavy atom. The number of rotatable bonds is 5. The number of hydrogen-bond donors (Lipinski definition) is 3. The van der Waals surface area contributed by atoms with E-state index >= 15 is 0 Å². The molecule has 0 aliphatic carbocycles. The van der Waals surface area contributed by atoms with Crippen LogP contribution >= 0.6 is 0 Å². The van der Waals surface area contributed by atoms with Crippen molar-refractivity contribution >= 4 is 16.8 Å². The predicted octanol–water partition coefficient (Wildman–Crippen LogP) is 4.28. The lowest BCUT2D eigenvalue weighted by atomic mass is 10.00. The van der Waals surface area contributed by atoms with E-state index in [1.54, 1.807) is 0 Å². The molecule has 29 heavy (non-hydrogen) atoms. The van der Waals surface area contributed by atoms with Crippen LogP contribution in [0.5, 0.6) is 0 Å². The first-order valence-corrected chi connectivity index (χ1v) is 9.68. The highest BCUT2D eigenvalue weighted by Gasteiger charge is 2.15. The van der Waals surface area contributed by atoms with E-state index in [9.17, 15) is 4.79 Å². The van der Waals surface area contributed by atoms with Gasteiger partial charge in [0.25, 0.3) is 5.91 Å². The Hall–Kier alpha value is -3.44. The number of hydrogen-bond acceptors (Lipinski definition) is 3. The van der Waals surface area contributed by atoms with Crippen LogP contribution in [0, 0.1) is 13.8 Å². The van der Waals surface area contributed by atoms with Gasteiger partial charge >= 0.3 is 0 Å². The number of H-pyrrole nitrogens is 1. The van der Waals surface area contributed by atoms with Crippen molar-refractivity contribution in [1.29, 1.82) is 0 Å². The quantitative estimate of drug-likeness (QED) is 0.480. The number of aromatic amines is 1. The molecule has 0 radical (unpaired) electrons. The Kier molecular flexibility index (Phi) is 5.14. The highest BCUT2D eigenvalue weighted by Crippen LogP contribution is 2.26. The molecular formula is C24H24N4O. The van der Waals surface area contributed by atoms with Gasteiger partial charge in [0, 0.05) is 17.5 Å². The molecule has 1 atom stereocenters. The van der Waals surface area contributed by atoms with Crippen LogP contribution < -0.4 is 11.1 Å². The van der Waals surface area contributed by atoms with Crippen molar-refractivity contribution in [2.75, 3.05) is 6.54 Å². The zero-order valence-electron chi connectivity index (χ0n) is 16.6. The number of aryl methyl sites for hydroxylation is 2. The average molecular weight is 384 g/mol. The molecule has 4 aromatic rings. The SMILES string of the molecule is Cc1cccc([C@@H](CN)NC(=O)c2cccc(-c3ccc4[nH]nc(C)c4c3)c2)c1. The van der Waals surface area contributed by atoms with E-state index in [2.05, 4.69) is 27.6 Å². The smallest absolute Gasteiger partial charge is 0.251 e. The minimum atomic E-state index is -0.226. The number of nitrogens with zero attached hydrogens (tertiary/aromatic N) is 1. The molecule has 0 aliphatic rings. The van der Waals surface area contributed by atoms with Crippen LogP contribution in [0.2, 0.25) is 0 Å². The molecule has 3 aromatic carbocycles. The fourth-order valence-electron chi connectivity index (χ4n) is 3.57. The second-order valence-electron chi connectivity index (χ2n) is 7.33. The fourth-order valence-corrected chi connectivity index (χ4v) is 3.57. The molecule has 1 amide bonds. The van der Waals surface area contributed by atoms with Crippen molar-refractivity contribution in [2.45, 2.75) is 19.9 Å². The molecule has 0 aliphatic heterocycles. The number of carbonyl (C=O) groups is 1. The van der Waals surface area contributed by atoms with E-state index in [1.807, 2.05) is 68.4 Å². The summed E-state index contributed by atoms with van der Waals surface area (Å²) in [5.74, 6) is -0.135. The Balaban J connectivity index is 1.60. The zero-order chi connectivity index (χ0) is 20.4. The van der Waals surface area contributed by atoms with Gasteiger partial charge in [0.2, 0.25) is 0 Å². The van der Waals surface area contributed by atoms with Crippen molar-refractivity contribution in [2.24, 2.45) is 5.73 Å². The normalized spacial score (nSPS) is 12.1. The monoisotopic (exact) mass is 384 g/mol. The van der Waals surface area contributed by atoms with Gasteiger partial charge in [0.1, 0.15) is 0 Å². The Labute approximate surface area is 170 Å². The first kappa shape index (κ1) is 18.9. The van der Waals surface area contributed by atoms with E-state index in [4.69, 9.17) is 5.73 Å². The minimum absolute atomic E-state index is 0.135. The van der Waals surface area contributed by atoms with Gasteiger partial charge in [0.15, 0.2) is 0 Å². The first-order valence-electron chi connectivity index (χ1n) is 9.68. The molecule has 0 saturated carbocycles. The molecule has 146 valence electrons. The van der Waals surface area contributed by atoms with Gasteiger partial charge in [-0.1, -0.05) is 48.0 Å². The molecule has 1 aromatic heterocycles. The summed E-state index contributed by atoms with van der Waals surface area (Å²) >= 11 is 0. The van der Waals surface area contributed by atoms with Crippen LogP contribution in [0.4, 0.5) is 0 Å². The van der Waals surface area contributed by atoms with Crippen molar-refractivity contribution < 1.29 is 4.79 Å². The third-order valence-electron chi connectivity index (χ3n) is 5.20. The molecule has 0 spiro atoms. The number of carbonyl (C=O) groups excluding carboxylic acids is 1. The van der Waals surface area contributed by atoms with Gasteiger partial charge in [-0.15, -0.1) is 0 Å². The Morgan fingerprint density at radius 3 is 2.62 bits per heavy atom. The van der Waals surface area contributed by atoms with E-state index in [1.165, 1.54) is 0 Å². The fraction of sp³-hybridized carbons (Fsp3) is 0.167. The van der Waals surface area contributed by atoms with Crippen LogP contribution in [-0.4, -0.2) is 22.6 Å². The van der Waals surface area contributed by atoms with Crippen molar-refractivity contribution in [3.05, 3.63) is 89.1 Å². The molecule has 0 saturated heterocycles. The lowest BCUT2D eigenvalue weighted by Gasteiger charge is -2.18. The largest absolute Gasteiger partial charge is 0.344 e. The number of amides is 1. The first-order chi connectivity index (χ1) is 14.0. The van der Waals surface area contributed by atoms with E-state index in [-0.39, 0.29) is 11.9 Å². The summed E-state index contributed by atoms with van der Waals surface area (Å²) in [6.45, 7) is 4.34. The Morgan fingerprint density at radius 2 is 1.83 bits per heavy atom. The zero-order valence-corrected chi connectivity index (χ0v) is 16.6. The summed E-state index contributed by atoms with van der Waals surface area (Å²) in [5, 5.41) is 11.4. The van der Waals surface area contributed by atoms with Gasteiger partial charge in [-0.05, 0) is 54.8 Å². The summed E-state index contributed by atoms with van der Waals surface area (Å²) in [6.07, 6.45) is 0. The van der Waals surface area contributed by atoms with Crippen LogP contribution in [0.1, 0.15) is 33.2 Å². The van der Waals surface area contributed by atoms with Crippen molar-refractivity contribution in [3.63, 3.8) is 0 Å². The van der Waals surface area contributed by atoms with Gasteiger partial charge in [0.05, 0.1) is 17.3 Å². The van der Waals surface area contributed by atoms with E-state index < -0.39 is 0 Å². The van der Waals surface area contributed by atoms with E-state index in [0.717, 1.165) is 38.9 Å². The number of nitrogens with one attached hydrogen (secondary N) is 2. The maximum atomic E-state index is 12.9. The number of benzene rings is 3. The summed E-state index contributed by atoms with van der Waals surface area (Å²) in [5.41, 5.74) is 12.7. The topological polar surface area (TPSA) is 83.8 Å². The molecule has 0 unspecified atom stereocenters. The lowest BCUT2D eigenvalue weighted by Crippen LogP contribution is -2.33. The van der Waals surface area contributed by atoms with E-state index in [0.29, 0.717) is 12.1 Å². The summed E-state index contributed by atoms with van der Waals surface area (Å²) in [4.78, 5) is 12.9. The highest BCUT2D eigenvalue weighted by atomic mass is 16.1. The van der Waals surface area contributed by atoms with Gasteiger partial charge < -0.3 is 11.1 Å². The second-order valence-corrected chi connectivity index (χ2v) is 7.33. The lowest BCUT2D eigenvalue weighted by molar-refractivity contribution is 0.0938. The third-order valence-corrected chi connectivity index (χ3v) is 5.20. The molecule has 5 nitrogen and oxygen atoms in total.